The lowest BCUT2D eigenvalue weighted by molar-refractivity contribution is -0.140. The van der Waals surface area contributed by atoms with Crippen molar-refractivity contribution in [3.8, 4) is 0 Å². The summed E-state index contributed by atoms with van der Waals surface area (Å²) in [6.07, 6.45) is 0.191. The van der Waals surface area contributed by atoms with E-state index < -0.39 is 5.97 Å². The van der Waals surface area contributed by atoms with Gasteiger partial charge in [-0.2, -0.15) is 0 Å². The number of carbonyl (C=O) groups excluding carboxylic acids is 1. The molecule has 0 amide bonds. The molecule has 1 aromatic rings. The second kappa shape index (κ2) is 5.90. The molecule has 0 aliphatic carbocycles. The molecule has 0 radical (unpaired) electrons. The number of rotatable bonds is 5. The largest absolute Gasteiger partial charge is 0.478 e. The van der Waals surface area contributed by atoms with Gasteiger partial charge in [0.05, 0.1) is 24.8 Å². The molecule has 1 aromatic carbocycles. The highest BCUT2D eigenvalue weighted by atomic mass is 16.5. The Labute approximate surface area is 105 Å². The first kappa shape index (κ1) is 13.8. The zero-order valence-electron chi connectivity index (χ0n) is 10.3. The van der Waals surface area contributed by atoms with Crippen molar-refractivity contribution in [1.82, 2.24) is 0 Å². The van der Waals surface area contributed by atoms with E-state index >= 15 is 0 Å². The number of anilines is 2. The molecule has 0 heterocycles. The first-order chi connectivity index (χ1) is 8.45. The number of hydrogen-bond donors (Lipinski definition) is 2. The Morgan fingerprint density at radius 1 is 1.44 bits per heavy atom. The second-order valence-electron chi connectivity index (χ2n) is 3.83. The summed E-state index contributed by atoms with van der Waals surface area (Å²) in [5, 5.41) is 9.09. The van der Waals surface area contributed by atoms with Crippen LogP contribution in [0.4, 0.5) is 11.4 Å². The molecule has 6 heteroatoms. The zero-order chi connectivity index (χ0) is 13.7. The lowest BCUT2D eigenvalue weighted by Gasteiger charge is -2.20. The molecule has 0 saturated heterocycles. The summed E-state index contributed by atoms with van der Waals surface area (Å²) in [6, 6.07) is 4.64. The van der Waals surface area contributed by atoms with Gasteiger partial charge in [0.15, 0.2) is 0 Å². The standard InChI is InChI=1S/C12H16N2O4/c1-14(6-5-11(15)18-2)10-4-3-8(13)7-9(10)12(16)17/h3-4,7H,5-6,13H2,1-2H3,(H,16,17). The van der Waals surface area contributed by atoms with E-state index in [1.807, 2.05) is 0 Å². The number of methoxy groups -OCH3 is 1. The van der Waals surface area contributed by atoms with Crippen LogP contribution in [0.2, 0.25) is 0 Å². The molecule has 98 valence electrons. The summed E-state index contributed by atoms with van der Waals surface area (Å²) >= 11 is 0. The molecule has 0 aliphatic rings. The molecule has 0 atom stereocenters. The lowest BCUT2D eigenvalue weighted by Crippen LogP contribution is -2.23. The van der Waals surface area contributed by atoms with E-state index in [1.165, 1.54) is 13.2 Å². The van der Waals surface area contributed by atoms with Crippen molar-refractivity contribution in [1.29, 1.82) is 0 Å². The van der Waals surface area contributed by atoms with Crippen LogP contribution >= 0.6 is 0 Å². The summed E-state index contributed by atoms with van der Waals surface area (Å²) in [7, 11) is 3.02. The number of aromatic carboxylic acids is 1. The van der Waals surface area contributed by atoms with E-state index in [9.17, 15) is 9.59 Å². The maximum absolute atomic E-state index is 11.1. The first-order valence-electron chi connectivity index (χ1n) is 5.36. The van der Waals surface area contributed by atoms with Gasteiger partial charge in [0.25, 0.3) is 0 Å². The number of benzene rings is 1. The lowest BCUT2D eigenvalue weighted by atomic mass is 10.1. The van der Waals surface area contributed by atoms with Crippen LogP contribution in [0.3, 0.4) is 0 Å². The Bertz CT molecular complexity index is 459. The van der Waals surface area contributed by atoms with Gasteiger partial charge in [-0.3, -0.25) is 4.79 Å². The number of nitrogens with zero attached hydrogens (tertiary/aromatic N) is 1. The summed E-state index contributed by atoms with van der Waals surface area (Å²) in [5.74, 6) is -1.39. The van der Waals surface area contributed by atoms with Crippen LogP contribution in [0.15, 0.2) is 18.2 Å². The van der Waals surface area contributed by atoms with Gasteiger partial charge in [-0.05, 0) is 18.2 Å². The van der Waals surface area contributed by atoms with Gasteiger partial charge in [-0.1, -0.05) is 0 Å². The molecule has 0 fully saturated rings. The number of esters is 1. The third kappa shape index (κ3) is 3.38. The normalized spacial score (nSPS) is 9.89. The zero-order valence-corrected chi connectivity index (χ0v) is 10.3. The van der Waals surface area contributed by atoms with Crippen LogP contribution in [0, 0.1) is 0 Å². The van der Waals surface area contributed by atoms with Gasteiger partial charge in [0, 0.05) is 19.3 Å². The average Bonchev–Trinajstić information content (AvgIpc) is 2.35. The Morgan fingerprint density at radius 2 is 2.11 bits per heavy atom. The van der Waals surface area contributed by atoms with E-state index in [2.05, 4.69) is 4.74 Å². The summed E-state index contributed by atoms with van der Waals surface area (Å²) in [6.45, 7) is 0.372. The SMILES string of the molecule is COC(=O)CCN(C)c1ccc(N)cc1C(=O)O. The van der Waals surface area contributed by atoms with Crippen LogP contribution < -0.4 is 10.6 Å². The van der Waals surface area contributed by atoms with Crippen molar-refractivity contribution in [2.75, 3.05) is 31.3 Å². The highest BCUT2D eigenvalue weighted by molar-refractivity contribution is 5.95. The Morgan fingerprint density at radius 3 is 2.67 bits per heavy atom. The van der Waals surface area contributed by atoms with E-state index in [0.717, 1.165) is 0 Å². The maximum atomic E-state index is 11.1. The highest BCUT2D eigenvalue weighted by Gasteiger charge is 2.14. The van der Waals surface area contributed by atoms with Crippen molar-refractivity contribution < 1.29 is 19.4 Å². The Hall–Kier alpha value is -2.24. The number of ether oxygens (including phenoxy) is 1. The number of nitrogen functional groups attached to an aromatic ring is 1. The fourth-order valence-electron chi connectivity index (χ4n) is 1.54. The van der Waals surface area contributed by atoms with E-state index in [-0.39, 0.29) is 18.0 Å². The molecule has 0 aromatic heterocycles. The Kier molecular flexibility index (Phi) is 4.53. The molecule has 3 N–H and O–H groups in total. The van der Waals surface area contributed by atoms with Crippen LogP contribution in [0.1, 0.15) is 16.8 Å². The third-order valence-corrected chi connectivity index (χ3v) is 2.54. The quantitative estimate of drug-likeness (QED) is 0.599. The maximum Gasteiger partial charge on any atom is 0.337 e. The number of hydrogen-bond acceptors (Lipinski definition) is 5. The van der Waals surface area contributed by atoms with Crippen LogP contribution in [0.25, 0.3) is 0 Å². The summed E-state index contributed by atoms with van der Waals surface area (Å²) < 4.78 is 4.53. The molecule has 0 aliphatic heterocycles. The molecular formula is C12H16N2O4. The van der Waals surface area contributed by atoms with E-state index in [1.54, 1.807) is 24.1 Å². The van der Waals surface area contributed by atoms with Gasteiger partial charge in [-0.15, -0.1) is 0 Å². The minimum absolute atomic E-state index is 0.113. The molecule has 0 spiro atoms. The van der Waals surface area contributed by atoms with Gasteiger partial charge in [0.2, 0.25) is 0 Å². The van der Waals surface area contributed by atoms with Gasteiger partial charge >= 0.3 is 11.9 Å². The minimum Gasteiger partial charge on any atom is -0.478 e. The van der Waals surface area contributed by atoms with Gasteiger partial charge in [-0.25, -0.2) is 4.79 Å². The predicted octanol–water partition coefficient (Wildman–Crippen LogP) is 0.966. The van der Waals surface area contributed by atoms with Crippen molar-refractivity contribution in [2.45, 2.75) is 6.42 Å². The topological polar surface area (TPSA) is 92.9 Å². The van der Waals surface area contributed by atoms with E-state index in [0.29, 0.717) is 17.9 Å². The van der Waals surface area contributed by atoms with E-state index in [4.69, 9.17) is 10.8 Å². The van der Waals surface area contributed by atoms with Crippen LogP contribution in [-0.4, -0.2) is 37.7 Å². The number of nitrogens with two attached hydrogens (primary N) is 1. The van der Waals surface area contributed by atoms with Crippen molar-refractivity contribution in [3.63, 3.8) is 0 Å². The fourth-order valence-corrected chi connectivity index (χ4v) is 1.54. The number of carboxylic acids is 1. The Balaban J connectivity index is 2.88. The summed E-state index contributed by atoms with van der Waals surface area (Å²) in [5.41, 5.74) is 6.57. The average molecular weight is 252 g/mol. The minimum atomic E-state index is -1.05. The van der Waals surface area contributed by atoms with Gasteiger partial charge < -0.3 is 20.5 Å². The molecule has 1 rings (SSSR count). The van der Waals surface area contributed by atoms with Crippen LogP contribution in [-0.2, 0) is 9.53 Å². The molecule has 0 bridgehead atoms. The first-order valence-corrected chi connectivity index (χ1v) is 5.36. The monoisotopic (exact) mass is 252 g/mol. The van der Waals surface area contributed by atoms with Crippen molar-refractivity contribution in [3.05, 3.63) is 23.8 Å². The molecule has 0 saturated carbocycles. The third-order valence-electron chi connectivity index (χ3n) is 2.54. The van der Waals surface area contributed by atoms with Crippen LogP contribution in [0.5, 0.6) is 0 Å². The number of carbonyl (C=O) groups is 2. The summed E-state index contributed by atoms with van der Waals surface area (Å²) in [4.78, 5) is 23.8. The van der Waals surface area contributed by atoms with Crippen molar-refractivity contribution in [2.24, 2.45) is 0 Å². The predicted molar refractivity (Wildman–Crippen MR) is 67.7 cm³/mol. The molecule has 6 nitrogen and oxygen atoms in total. The fraction of sp³-hybridized carbons (Fsp3) is 0.333. The van der Waals surface area contributed by atoms with Crippen molar-refractivity contribution >= 4 is 23.3 Å². The smallest absolute Gasteiger partial charge is 0.337 e. The van der Waals surface area contributed by atoms with Gasteiger partial charge in [0.1, 0.15) is 0 Å². The number of carboxylic acid groups (broad SMARTS) is 1. The highest BCUT2D eigenvalue weighted by Crippen LogP contribution is 2.22. The molecular weight excluding hydrogens is 236 g/mol. The second-order valence-corrected chi connectivity index (χ2v) is 3.83. The molecule has 18 heavy (non-hydrogen) atoms. The molecule has 0 unspecified atom stereocenters.